The zero-order chi connectivity index (χ0) is 35.3. The average Bonchev–Trinajstić information content (AvgIpc) is 3.09. The number of urea groups is 1. The van der Waals surface area contributed by atoms with Gasteiger partial charge < -0.3 is 24.8 Å². The Kier molecular flexibility index (Phi) is 14.9. The van der Waals surface area contributed by atoms with E-state index >= 15 is 0 Å². The first-order valence-electron chi connectivity index (χ1n) is 17.5. The number of unbranched alkanes of at least 4 members (excludes halogenated alkanes) is 1. The second-order valence-corrected chi connectivity index (χ2v) is 14.0. The number of nitrogens with zero attached hydrogens (tertiary/aromatic N) is 2. The molecule has 0 spiro atoms. The van der Waals surface area contributed by atoms with E-state index in [2.05, 4.69) is 5.32 Å². The first-order chi connectivity index (χ1) is 23.5. The quantitative estimate of drug-likeness (QED) is 0.182. The van der Waals surface area contributed by atoms with E-state index in [0.717, 1.165) is 38.5 Å². The Morgan fingerprint density at radius 3 is 2.49 bits per heavy atom. The Hall–Kier alpha value is -3.02. The third-order valence-corrected chi connectivity index (χ3v) is 10.0. The van der Waals surface area contributed by atoms with Crippen molar-refractivity contribution in [2.75, 3.05) is 39.9 Å². The van der Waals surface area contributed by atoms with E-state index in [1.54, 1.807) is 60.5 Å². The Morgan fingerprint density at radius 1 is 1.04 bits per heavy atom. The minimum atomic E-state index is -4.65. The summed E-state index contributed by atoms with van der Waals surface area (Å²) in [6, 6.07) is 14.8. The number of benzene rings is 2. The maximum atomic E-state index is 13.9. The number of amides is 3. The van der Waals surface area contributed by atoms with Crippen molar-refractivity contribution >= 4 is 23.7 Å². The number of alkyl halides is 3. The largest absolute Gasteiger partial charge is 0.445 e. The second-order valence-electron chi connectivity index (χ2n) is 13.6. The summed E-state index contributed by atoms with van der Waals surface area (Å²) in [7, 11) is 1.64. The van der Waals surface area contributed by atoms with Gasteiger partial charge in [-0.2, -0.15) is 13.2 Å². The molecule has 1 saturated heterocycles. The molecule has 2 N–H and O–H groups in total. The molecule has 12 heteroatoms. The molecule has 1 aliphatic heterocycles. The first kappa shape index (κ1) is 38.8. The number of carbonyl (C=O) groups is 2. The molecule has 1 aliphatic carbocycles. The van der Waals surface area contributed by atoms with Gasteiger partial charge in [0.2, 0.25) is 0 Å². The monoisotopic (exact) mass is 709 g/mol. The fraction of sp³-hybridized carbons (Fsp3) is 0.622. The van der Waals surface area contributed by atoms with Gasteiger partial charge in [0.25, 0.3) is 0 Å². The summed E-state index contributed by atoms with van der Waals surface area (Å²) in [5.41, 5.74) is 0.105. The van der Waals surface area contributed by atoms with Gasteiger partial charge >= 0.3 is 18.3 Å². The van der Waals surface area contributed by atoms with Gasteiger partial charge in [-0.3, -0.25) is 4.90 Å². The lowest BCUT2D eigenvalue weighted by molar-refractivity contribution is -0.143. The van der Waals surface area contributed by atoms with Gasteiger partial charge in [0, 0.05) is 50.3 Å². The number of likely N-dealkylation sites (tertiary alicyclic amines) is 1. The van der Waals surface area contributed by atoms with E-state index in [9.17, 15) is 27.9 Å². The highest BCUT2D eigenvalue weighted by Gasteiger charge is 2.42. The fourth-order valence-corrected chi connectivity index (χ4v) is 7.49. The third kappa shape index (κ3) is 12.4. The number of piperidine rings is 1. The second kappa shape index (κ2) is 18.8. The van der Waals surface area contributed by atoms with Crippen molar-refractivity contribution in [2.24, 2.45) is 11.8 Å². The van der Waals surface area contributed by atoms with E-state index in [1.165, 1.54) is 0 Å². The highest BCUT2D eigenvalue weighted by molar-refractivity contribution is 6.30. The smallest absolute Gasteiger partial charge is 0.410 e. The number of hydrogen-bond acceptors (Lipinski definition) is 5. The molecule has 0 unspecified atom stereocenters. The van der Waals surface area contributed by atoms with Gasteiger partial charge in [-0.1, -0.05) is 86.2 Å². The Morgan fingerprint density at radius 2 is 1.80 bits per heavy atom. The minimum absolute atomic E-state index is 0.163. The van der Waals surface area contributed by atoms with Crippen LogP contribution in [0.4, 0.5) is 22.8 Å². The van der Waals surface area contributed by atoms with Crippen molar-refractivity contribution in [3.8, 4) is 0 Å². The minimum Gasteiger partial charge on any atom is -0.445 e. The number of rotatable bonds is 15. The van der Waals surface area contributed by atoms with Crippen LogP contribution < -0.4 is 5.32 Å². The van der Waals surface area contributed by atoms with Crippen molar-refractivity contribution in [1.29, 1.82) is 0 Å². The molecule has 0 aromatic heterocycles. The number of carbonyl (C=O) groups excluding carboxylic acids is 2. The predicted octanol–water partition coefficient (Wildman–Crippen LogP) is 8.31. The molecule has 3 amide bonds. The lowest BCUT2D eigenvalue weighted by Crippen LogP contribution is -2.55. The van der Waals surface area contributed by atoms with Crippen LogP contribution in [0.1, 0.15) is 81.8 Å². The molecular formula is C37H51ClF3N3O5. The van der Waals surface area contributed by atoms with Gasteiger partial charge in [0.1, 0.15) is 13.2 Å². The van der Waals surface area contributed by atoms with Crippen LogP contribution in [0.15, 0.2) is 54.6 Å². The summed E-state index contributed by atoms with van der Waals surface area (Å²) in [4.78, 5) is 29.3. The molecule has 2 fully saturated rings. The van der Waals surface area contributed by atoms with Gasteiger partial charge in [0.05, 0.1) is 5.60 Å². The van der Waals surface area contributed by atoms with Crippen LogP contribution in [0.5, 0.6) is 0 Å². The highest BCUT2D eigenvalue weighted by Crippen LogP contribution is 2.40. The molecule has 0 bridgehead atoms. The zero-order valence-corrected chi connectivity index (χ0v) is 29.2. The summed E-state index contributed by atoms with van der Waals surface area (Å²) >= 11 is 6.33. The van der Waals surface area contributed by atoms with Crippen LogP contribution in [0, 0.1) is 11.8 Å². The summed E-state index contributed by atoms with van der Waals surface area (Å²) in [6.07, 6.45) is 2.99. The van der Waals surface area contributed by atoms with Crippen molar-refractivity contribution < 1.29 is 37.3 Å². The number of hydrogen-bond donors (Lipinski definition) is 2. The molecule has 1 heterocycles. The van der Waals surface area contributed by atoms with Gasteiger partial charge in [0.15, 0.2) is 0 Å². The van der Waals surface area contributed by atoms with Crippen molar-refractivity contribution in [3.63, 3.8) is 0 Å². The molecule has 1 saturated carbocycles. The molecule has 2 aromatic rings. The van der Waals surface area contributed by atoms with E-state index in [-0.39, 0.29) is 31.5 Å². The number of ether oxygens (including phenoxy) is 2. The SMILES string of the molecule is COCCCC[C@@](O)(c1cccc(Cl)c1)[C@@H]1CCCN(C(=O)N[C@@H](CC2CCCCC2)CN(CC(F)(F)F)C(=O)OCc2ccccc2)C1. The number of halogens is 4. The third-order valence-electron chi connectivity index (χ3n) is 9.81. The zero-order valence-electron chi connectivity index (χ0n) is 28.4. The van der Waals surface area contributed by atoms with Crippen LogP contribution in [-0.2, 0) is 21.7 Å². The van der Waals surface area contributed by atoms with Gasteiger partial charge in [-0.25, -0.2) is 9.59 Å². The molecule has 0 radical (unpaired) electrons. The normalized spacial score (nSPS) is 19.1. The summed E-state index contributed by atoms with van der Waals surface area (Å²) in [5, 5.41) is 15.7. The van der Waals surface area contributed by atoms with Gasteiger partial charge in [-0.05, 0) is 67.7 Å². The number of methoxy groups -OCH3 is 1. The maximum Gasteiger partial charge on any atom is 0.410 e. The van der Waals surface area contributed by atoms with Crippen LogP contribution in [0.25, 0.3) is 0 Å². The first-order valence-corrected chi connectivity index (χ1v) is 17.9. The number of aliphatic hydroxyl groups is 1. The molecule has 8 nitrogen and oxygen atoms in total. The van der Waals surface area contributed by atoms with E-state index in [1.807, 2.05) is 6.07 Å². The van der Waals surface area contributed by atoms with Gasteiger partial charge in [-0.15, -0.1) is 0 Å². The number of nitrogens with one attached hydrogen (secondary N) is 1. The van der Waals surface area contributed by atoms with Crippen molar-refractivity contribution in [2.45, 2.75) is 95.1 Å². The van der Waals surface area contributed by atoms with Crippen LogP contribution in [-0.4, -0.2) is 79.1 Å². The van der Waals surface area contributed by atoms with E-state index in [4.69, 9.17) is 21.1 Å². The molecule has 2 aliphatic rings. The Bertz CT molecular complexity index is 1310. The lowest BCUT2D eigenvalue weighted by Gasteiger charge is -2.43. The van der Waals surface area contributed by atoms with Crippen molar-refractivity contribution in [1.82, 2.24) is 15.1 Å². The summed E-state index contributed by atoms with van der Waals surface area (Å²) in [5.74, 6) is -0.0688. The molecule has 3 atom stereocenters. The lowest BCUT2D eigenvalue weighted by atomic mass is 9.74. The summed E-state index contributed by atoms with van der Waals surface area (Å²) in [6.45, 7) is -0.709. The Balaban J connectivity index is 1.50. The van der Waals surface area contributed by atoms with Crippen molar-refractivity contribution in [3.05, 3.63) is 70.7 Å². The summed E-state index contributed by atoms with van der Waals surface area (Å²) < 4.78 is 51.8. The molecule has 272 valence electrons. The topological polar surface area (TPSA) is 91.3 Å². The van der Waals surface area contributed by atoms with Crippen LogP contribution in [0.3, 0.4) is 0 Å². The molecule has 49 heavy (non-hydrogen) atoms. The Labute approximate surface area is 293 Å². The van der Waals surface area contributed by atoms with Crippen LogP contribution in [0.2, 0.25) is 5.02 Å². The standard InChI is InChI=1S/C37H51ClF3N3O5/c1-48-21-9-8-19-36(47,30-16-10-18-32(38)23-30)31-17-11-20-43(24-31)34(45)42-33(22-28-12-4-2-5-13-28)25-44(27-37(39,40)41)35(46)49-26-29-14-6-3-7-15-29/h3,6-7,10,14-16,18,23,28,31,33,47H,2,4-5,8-9,11-13,17,19-22,24-27H2,1H3,(H,42,45)/t31-,33+,36-/m1/s1. The maximum absolute atomic E-state index is 13.9. The average molecular weight is 710 g/mol. The fourth-order valence-electron chi connectivity index (χ4n) is 7.30. The van der Waals surface area contributed by atoms with E-state index in [0.29, 0.717) is 66.3 Å². The molecule has 4 rings (SSSR count). The predicted molar refractivity (Wildman–Crippen MR) is 183 cm³/mol. The molecular weight excluding hydrogens is 659 g/mol. The molecule has 2 aromatic carbocycles. The van der Waals surface area contributed by atoms with Crippen LogP contribution >= 0.6 is 11.6 Å². The highest BCUT2D eigenvalue weighted by atomic mass is 35.5. The van der Waals surface area contributed by atoms with E-state index < -0.39 is 36.5 Å².